The number of hydrogen-bond acceptors (Lipinski definition) is 3. The summed E-state index contributed by atoms with van der Waals surface area (Å²) in [4.78, 5) is 0. The molecule has 0 aliphatic heterocycles. The third-order valence-corrected chi connectivity index (χ3v) is 4.91. The van der Waals surface area contributed by atoms with Crippen molar-refractivity contribution in [2.75, 3.05) is 0 Å². The second kappa shape index (κ2) is 5.73. The molecule has 2 N–H and O–H groups in total. The van der Waals surface area contributed by atoms with Crippen LogP contribution >= 0.6 is 0 Å². The van der Waals surface area contributed by atoms with Crippen molar-refractivity contribution in [3.05, 3.63) is 78.9 Å². The van der Waals surface area contributed by atoms with Gasteiger partial charge >= 0.3 is 7.12 Å². The summed E-state index contributed by atoms with van der Waals surface area (Å²) in [6, 6.07) is 25.8. The molecule has 0 saturated heterocycles. The van der Waals surface area contributed by atoms with Crippen molar-refractivity contribution in [2.24, 2.45) is 0 Å². The molecule has 1 heterocycles. The average Bonchev–Trinajstić information content (AvgIpc) is 3.06. The van der Waals surface area contributed by atoms with Crippen molar-refractivity contribution >= 4 is 45.3 Å². The highest BCUT2D eigenvalue weighted by molar-refractivity contribution is 6.62. The Kier molecular flexibility index (Phi) is 3.35. The fourth-order valence-electron chi connectivity index (χ4n) is 3.76. The highest BCUT2D eigenvalue weighted by Crippen LogP contribution is 2.37. The number of fused-ring (bicyclic) bond motifs is 4. The predicted octanol–water partition coefficient (Wildman–Crippen LogP) is 4.09. The van der Waals surface area contributed by atoms with Gasteiger partial charge in [-0.25, -0.2) is 0 Å². The van der Waals surface area contributed by atoms with Crippen LogP contribution in [-0.4, -0.2) is 17.2 Å². The molecule has 0 aliphatic rings. The second-order valence-corrected chi connectivity index (χ2v) is 6.41. The quantitative estimate of drug-likeness (QED) is 0.477. The van der Waals surface area contributed by atoms with Gasteiger partial charge in [0.05, 0.1) is 0 Å². The maximum absolute atomic E-state index is 9.74. The Hall–Kier alpha value is -3.08. The third-order valence-electron chi connectivity index (χ3n) is 4.91. The van der Waals surface area contributed by atoms with E-state index in [2.05, 4.69) is 24.3 Å². The molecule has 1 aromatic heterocycles. The van der Waals surface area contributed by atoms with Crippen LogP contribution in [0.2, 0.25) is 0 Å². The van der Waals surface area contributed by atoms with Crippen LogP contribution in [0.15, 0.2) is 83.3 Å². The van der Waals surface area contributed by atoms with E-state index in [1.54, 1.807) is 12.1 Å². The Bertz CT molecular complexity index is 1270. The zero-order valence-electron chi connectivity index (χ0n) is 13.9. The van der Waals surface area contributed by atoms with Gasteiger partial charge in [-0.1, -0.05) is 72.8 Å². The van der Waals surface area contributed by atoms with Gasteiger partial charge in [-0.2, -0.15) is 0 Å². The lowest BCUT2D eigenvalue weighted by Crippen LogP contribution is -2.30. The van der Waals surface area contributed by atoms with Crippen molar-refractivity contribution in [1.29, 1.82) is 0 Å². The number of hydrogen-bond donors (Lipinski definition) is 2. The molecule has 0 saturated carbocycles. The van der Waals surface area contributed by atoms with Gasteiger partial charge in [-0.15, -0.1) is 0 Å². The Balaban J connectivity index is 1.90. The summed E-state index contributed by atoms with van der Waals surface area (Å²) in [5.41, 5.74) is 3.95. The van der Waals surface area contributed by atoms with Crippen LogP contribution < -0.4 is 5.46 Å². The van der Waals surface area contributed by atoms with Gasteiger partial charge in [0.25, 0.3) is 0 Å². The fraction of sp³-hybridized carbons (Fsp3) is 0. The van der Waals surface area contributed by atoms with Crippen LogP contribution in [0.25, 0.3) is 43.8 Å². The van der Waals surface area contributed by atoms with Crippen LogP contribution in [0.5, 0.6) is 0 Å². The molecule has 0 aliphatic carbocycles. The monoisotopic (exact) mass is 338 g/mol. The first kappa shape index (κ1) is 15.2. The van der Waals surface area contributed by atoms with Crippen molar-refractivity contribution in [3.63, 3.8) is 0 Å². The summed E-state index contributed by atoms with van der Waals surface area (Å²) < 4.78 is 6.16. The zero-order valence-corrected chi connectivity index (χ0v) is 13.9. The summed E-state index contributed by atoms with van der Waals surface area (Å²) in [7, 11) is -1.54. The van der Waals surface area contributed by atoms with Crippen LogP contribution in [0.1, 0.15) is 0 Å². The van der Waals surface area contributed by atoms with E-state index < -0.39 is 7.12 Å². The highest BCUT2D eigenvalue weighted by atomic mass is 16.4. The highest BCUT2D eigenvalue weighted by Gasteiger charge is 2.20. The molecule has 26 heavy (non-hydrogen) atoms. The standard InChI is InChI=1S/C22H15BO3/c24-23(25)19-12-5-13-20-21(19)18-11-4-10-17(22(18)26-20)16-9-3-7-14-6-1-2-8-15(14)16/h1-13,24-25H. The summed E-state index contributed by atoms with van der Waals surface area (Å²) in [6.45, 7) is 0. The first-order chi connectivity index (χ1) is 12.7. The molecule has 0 bridgehead atoms. The Labute approximate surface area is 150 Å². The molecule has 124 valence electrons. The van der Waals surface area contributed by atoms with Crippen molar-refractivity contribution in [3.8, 4) is 11.1 Å². The van der Waals surface area contributed by atoms with E-state index in [1.807, 2.05) is 42.5 Å². The molecule has 0 atom stereocenters. The molecule has 3 nitrogen and oxygen atoms in total. The first-order valence-corrected chi connectivity index (χ1v) is 8.52. The molecule has 0 spiro atoms. The smallest absolute Gasteiger partial charge is 0.455 e. The molecule has 0 unspecified atom stereocenters. The summed E-state index contributed by atoms with van der Waals surface area (Å²) in [5.74, 6) is 0. The van der Waals surface area contributed by atoms with Gasteiger partial charge < -0.3 is 14.5 Å². The van der Waals surface area contributed by atoms with E-state index in [0.29, 0.717) is 11.0 Å². The van der Waals surface area contributed by atoms with Gasteiger partial charge in [-0.3, -0.25) is 0 Å². The molecule has 0 radical (unpaired) electrons. The SMILES string of the molecule is OB(O)c1cccc2oc3c(-c4cccc5ccccc45)cccc3c12. The van der Waals surface area contributed by atoms with Crippen LogP contribution in [0.4, 0.5) is 0 Å². The van der Waals surface area contributed by atoms with Crippen molar-refractivity contribution in [2.45, 2.75) is 0 Å². The minimum atomic E-state index is -1.54. The lowest BCUT2D eigenvalue weighted by molar-refractivity contribution is 0.426. The van der Waals surface area contributed by atoms with Crippen molar-refractivity contribution in [1.82, 2.24) is 0 Å². The van der Waals surface area contributed by atoms with Gasteiger partial charge in [0, 0.05) is 16.3 Å². The van der Waals surface area contributed by atoms with Gasteiger partial charge in [0.15, 0.2) is 0 Å². The fourth-order valence-corrected chi connectivity index (χ4v) is 3.76. The first-order valence-electron chi connectivity index (χ1n) is 8.52. The normalized spacial score (nSPS) is 11.5. The van der Waals surface area contributed by atoms with Gasteiger partial charge in [0.1, 0.15) is 11.2 Å². The minimum Gasteiger partial charge on any atom is -0.455 e. The largest absolute Gasteiger partial charge is 0.489 e. The van der Waals surface area contributed by atoms with E-state index >= 15 is 0 Å². The predicted molar refractivity (Wildman–Crippen MR) is 106 cm³/mol. The molecule has 5 aromatic rings. The molecular weight excluding hydrogens is 323 g/mol. The molecular formula is C22H15BO3. The average molecular weight is 338 g/mol. The van der Waals surface area contributed by atoms with E-state index in [-0.39, 0.29) is 0 Å². The Morgan fingerprint density at radius 1 is 0.654 bits per heavy atom. The topological polar surface area (TPSA) is 53.6 Å². The van der Waals surface area contributed by atoms with Gasteiger partial charge in [0.2, 0.25) is 0 Å². The maximum atomic E-state index is 9.74. The summed E-state index contributed by atoms with van der Waals surface area (Å²) >= 11 is 0. The maximum Gasteiger partial charge on any atom is 0.489 e. The lowest BCUT2D eigenvalue weighted by Gasteiger charge is -2.07. The summed E-state index contributed by atoms with van der Waals surface area (Å²) in [5, 5.41) is 23.4. The van der Waals surface area contributed by atoms with Crippen molar-refractivity contribution < 1.29 is 14.5 Å². The molecule has 0 fully saturated rings. The molecule has 4 aromatic carbocycles. The van der Waals surface area contributed by atoms with E-state index in [1.165, 1.54) is 5.39 Å². The van der Waals surface area contributed by atoms with Crippen LogP contribution in [-0.2, 0) is 0 Å². The van der Waals surface area contributed by atoms with Crippen LogP contribution in [0, 0.1) is 0 Å². The number of para-hydroxylation sites is 1. The summed E-state index contributed by atoms with van der Waals surface area (Å²) in [6.07, 6.45) is 0. The number of rotatable bonds is 2. The van der Waals surface area contributed by atoms with E-state index in [4.69, 9.17) is 4.42 Å². The van der Waals surface area contributed by atoms with Crippen LogP contribution in [0.3, 0.4) is 0 Å². The Morgan fingerprint density at radius 3 is 2.23 bits per heavy atom. The number of benzene rings is 4. The Morgan fingerprint density at radius 2 is 1.35 bits per heavy atom. The van der Waals surface area contributed by atoms with E-state index in [0.717, 1.165) is 32.9 Å². The molecule has 0 amide bonds. The molecule has 4 heteroatoms. The number of furan rings is 1. The third kappa shape index (κ3) is 2.17. The zero-order chi connectivity index (χ0) is 17.7. The second-order valence-electron chi connectivity index (χ2n) is 6.41. The van der Waals surface area contributed by atoms with E-state index in [9.17, 15) is 10.0 Å². The van der Waals surface area contributed by atoms with Gasteiger partial charge in [-0.05, 0) is 27.9 Å². The minimum absolute atomic E-state index is 0.455. The lowest BCUT2D eigenvalue weighted by atomic mass is 9.77. The molecule has 5 rings (SSSR count).